The molecule has 0 saturated carbocycles. The number of nitrogens with zero attached hydrogens (tertiary/aromatic N) is 4. The van der Waals surface area contributed by atoms with Gasteiger partial charge in [-0.3, -0.25) is 19.3 Å². The lowest BCUT2D eigenvalue weighted by molar-refractivity contribution is -0.137. The van der Waals surface area contributed by atoms with Gasteiger partial charge in [0, 0.05) is 23.6 Å². The van der Waals surface area contributed by atoms with Crippen LogP contribution in [0.3, 0.4) is 0 Å². The number of aromatic nitrogens is 2. The van der Waals surface area contributed by atoms with Gasteiger partial charge in [-0.2, -0.15) is 23.5 Å². The zero-order valence-electron chi connectivity index (χ0n) is 26.8. The van der Waals surface area contributed by atoms with Crippen LogP contribution in [0.15, 0.2) is 90.5 Å². The first-order valence-electron chi connectivity index (χ1n) is 15.5. The van der Waals surface area contributed by atoms with Crippen LogP contribution in [0.5, 0.6) is 0 Å². The highest BCUT2D eigenvalue weighted by atomic mass is 19.4. The van der Waals surface area contributed by atoms with Gasteiger partial charge in [-0.05, 0) is 60.9 Å². The fourth-order valence-electron chi connectivity index (χ4n) is 5.80. The molecule has 3 aromatic carbocycles. The molecule has 1 aliphatic heterocycles. The van der Waals surface area contributed by atoms with Crippen molar-refractivity contribution in [1.82, 2.24) is 20.4 Å². The number of likely N-dealkylation sites (N-methyl/N-ethyl adjacent to an activating group) is 1. The first kappa shape index (κ1) is 34.6. The number of allylic oxidation sites excluding steroid dienone is 1. The molecule has 0 saturated heterocycles. The predicted octanol–water partition coefficient (Wildman–Crippen LogP) is 6.05. The Morgan fingerprint density at radius 1 is 1.04 bits per heavy atom. The normalized spacial score (nSPS) is 16.3. The third-order valence-electron chi connectivity index (χ3n) is 7.97. The number of alkyl halides is 3. The van der Waals surface area contributed by atoms with Crippen LogP contribution in [0.1, 0.15) is 59.4 Å². The Kier molecular flexibility index (Phi) is 9.98. The Labute approximate surface area is 279 Å². The molecule has 1 aliphatic rings. The Bertz CT molecular complexity index is 1950. The van der Waals surface area contributed by atoms with Crippen LogP contribution in [0.2, 0.25) is 0 Å². The molecule has 0 spiro atoms. The van der Waals surface area contributed by atoms with Gasteiger partial charge < -0.3 is 10.6 Å². The van der Waals surface area contributed by atoms with Gasteiger partial charge in [-0.25, -0.2) is 9.07 Å². The quantitative estimate of drug-likeness (QED) is 0.128. The van der Waals surface area contributed by atoms with E-state index in [9.17, 15) is 37.2 Å². The molecule has 0 aliphatic carbocycles. The smallest absolute Gasteiger partial charge is 0.346 e. The first-order valence-corrected chi connectivity index (χ1v) is 15.5. The van der Waals surface area contributed by atoms with E-state index in [1.54, 1.807) is 37.3 Å². The maximum Gasteiger partial charge on any atom is 0.416 e. The predicted molar refractivity (Wildman–Crippen MR) is 173 cm³/mol. The van der Waals surface area contributed by atoms with E-state index in [-0.39, 0.29) is 35.8 Å². The van der Waals surface area contributed by atoms with Gasteiger partial charge in [0.1, 0.15) is 29.3 Å². The van der Waals surface area contributed by atoms with E-state index in [0.717, 1.165) is 12.1 Å². The van der Waals surface area contributed by atoms with Crippen molar-refractivity contribution in [3.63, 3.8) is 0 Å². The highest BCUT2D eigenvalue weighted by molar-refractivity contribution is 6.05. The standard InChI is InChI=1S/C36H32F4N6O3/c1-4-45-34-30(28(44-46(34)27-11-6-5-7-12-27)20-42-32(47)24(19-41)17-21(2)3)29(22-13-15-26(37)16-14-22)31(35(45)49)43-33(48)23-9-8-10-25(18-23)36(38,39)40/h5-18,21,29,31H,4,20H2,1-3H3,(H,42,47)(H,43,48)/b24-17+/t29-,31-/m0/s1. The number of halogens is 4. The lowest BCUT2D eigenvalue weighted by Crippen LogP contribution is -2.55. The number of nitrogens with one attached hydrogen (secondary N) is 2. The Hall–Kier alpha value is -5.77. The highest BCUT2D eigenvalue weighted by Crippen LogP contribution is 2.44. The summed E-state index contributed by atoms with van der Waals surface area (Å²) in [5, 5.41) is 19.8. The van der Waals surface area contributed by atoms with E-state index in [4.69, 9.17) is 5.10 Å². The Morgan fingerprint density at radius 3 is 2.35 bits per heavy atom. The Morgan fingerprint density at radius 2 is 1.73 bits per heavy atom. The lowest BCUT2D eigenvalue weighted by Gasteiger charge is -2.38. The van der Waals surface area contributed by atoms with E-state index < -0.39 is 47.2 Å². The van der Waals surface area contributed by atoms with Crippen molar-refractivity contribution in [2.75, 3.05) is 11.4 Å². The van der Waals surface area contributed by atoms with Crippen LogP contribution in [0.4, 0.5) is 23.4 Å². The van der Waals surface area contributed by atoms with Crippen LogP contribution in [0, 0.1) is 23.1 Å². The molecule has 5 rings (SSSR count). The third-order valence-corrected chi connectivity index (χ3v) is 7.97. The van der Waals surface area contributed by atoms with Crippen molar-refractivity contribution in [3.05, 3.63) is 124 Å². The monoisotopic (exact) mass is 672 g/mol. The molecule has 2 atom stereocenters. The minimum Gasteiger partial charge on any atom is -0.346 e. The molecule has 252 valence electrons. The number of para-hydroxylation sites is 1. The number of benzene rings is 3. The van der Waals surface area contributed by atoms with Crippen molar-refractivity contribution in [2.24, 2.45) is 5.92 Å². The number of rotatable bonds is 9. The van der Waals surface area contributed by atoms with Crippen molar-refractivity contribution in [3.8, 4) is 11.8 Å². The number of nitriles is 1. The van der Waals surface area contributed by atoms with Crippen molar-refractivity contribution in [2.45, 2.75) is 45.5 Å². The van der Waals surface area contributed by atoms with Gasteiger partial charge in [-0.1, -0.05) is 56.3 Å². The molecule has 2 heterocycles. The SMILES string of the molecule is CCN1C(=O)[C@@H](NC(=O)c2cccc(C(F)(F)F)c2)[C@@H](c2ccc(F)cc2)c2c(CNC(=O)/C(C#N)=C/C(C)C)nn(-c3ccccc3)c21. The van der Waals surface area contributed by atoms with Gasteiger partial charge in [0.25, 0.3) is 17.7 Å². The summed E-state index contributed by atoms with van der Waals surface area (Å²) >= 11 is 0. The minimum absolute atomic E-state index is 0.0846. The summed E-state index contributed by atoms with van der Waals surface area (Å²) in [4.78, 5) is 42.4. The van der Waals surface area contributed by atoms with Crippen molar-refractivity contribution in [1.29, 1.82) is 5.26 Å². The number of hydrogen-bond acceptors (Lipinski definition) is 5. The average molecular weight is 673 g/mol. The van der Waals surface area contributed by atoms with Crippen LogP contribution in [-0.4, -0.2) is 40.1 Å². The summed E-state index contributed by atoms with van der Waals surface area (Å²) in [7, 11) is 0. The molecule has 49 heavy (non-hydrogen) atoms. The summed E-state index contributed by atoms with van der Waals surface area (Å²) in [6, 6.07) is 18.5. The second kappa shape index (κ2) is 14.1. The van der Waals surface area contributed by atoms with E-state index in [0.29, 0.717) is 28.7 Å². The zero-order chi connectivity index (χ0) is 35.5. The number of carbonyl (C=O) groups is 3. The fourth-order valence-corrected chi connectivity index (χ4v) is 5.80. The van der Waals surface area contributed by atoms with E-state index in [1.165, 1.54) is 46.0 Å². The second-order valence-corrected chi connectivity index (χ2v) is 11.7. The maximum absolute atomic E-state index is 14.4. The summed E-state index contributed by atoms with van der Waals surface area (Å²) in [6.07, 6.45) is -3.19. The number of hydrogen-bond donors (Lipinski definition) is 2. The molecule has 0 radical (unpaired) electrons. The zero-order valence-corrected chi connectivity index (χ0v) is 26.8. The largest absolute Gasteiger partial charge is 0.416 e. The van der Waals surface area contributed by atoms with Gasteiger partial charge in [0.15, 0.2) is 0 Å². The molecule has 13 heteroatoms. The highest BCUT2D eigenvalue weighted by Gasteiger charge is 2.46. The van der Waals surface area contributed by atoms with Crippen LogP contribution in [-0.2, 0) is 22.3 Å². The van der Waals surface area contributed by atoms with Crippen LogP contribution < -0.4 is 15.5 Å². The molecule has 0 fully saturated rings. The van der Waals surface area contributed by atoms with Crippen LogP contribution in [0.25, 0.3) is 5.69 Å². The summed E-state index contributed by atoms with van der Waals surface area (Å²) in [5.41, 5.74) is 0.224. The van der Waals surface area contributed by atoms with Crippen LogP contribution >= 0.6 is 0 Å². The van der Waals surface area contributed by atoms with E-state index in [2.05, 4.69) is 10.6 Å². The first-order chi connectivity index (χ1) is 23.3. The lowest BCUT2D eigenvalue weighted by atomic mass is 9.80. The molecular formula is C36H32F4N6O3. The number of anilines is 1. The molecule has 4 aromatic rings. The number of carbonyl (C=O) groups excluding carboxylic acids is 3. The number of fused-ring (bicyclic) bond motifs is 1. The topological polar surface area (TPSA) is 120 Å². The Balaban J connectivity index is 1.68. The van der Waals surface area contributed by atoms with Gasteiger partial charge in [0.2, 0.25) is 0 Å². The number of amides is 3. The average Bonchev–Trinajstić information content (AvgIpc) is 3.45. The molecule has 9 nitrogen and oxygen atoms in total. The summed E-state index contributed by atoms with van der Waals surface area (Å²) in [6.45, 7) is 5.26. The van der Waals surface area contributed by atoms with Crippen molar-refractivity contribution < 1.29 is 31.9 Å². The van der Waals surface area contributed by atoms with Crippen molar-refractivity contribution >= 4 is 23.5 Å². The molecule has 2 N–H and O–H groups in total. The van der Waals surface area contributed by atoms with Gasteiger partial charge in [0.05, 0.1) is 23.5 Å². The summed E-state index contributed by atoms with van der Waals surface area (Å²) in [5.74, 6) is -3.49. The van der Waals surface area contributed by atoms with Gasteiger partial charge in [-0.15, -0.1) is 0 Å². The maximum atomic E-state index is 14.4. The summed E-state index contributed by atoms with van der Waals surface area (Å²) < 4.78 is 56.2. The third kappa shape index (κ3) is 7.23. The molecule has 3 amide bonds. The second-order valence-electron chi connectivity index (χ2n) is 11.7. The minimum atomic E-state index is -4.71. The van der Waals surface area contributed by atoms with Gasteiger partial charge >= 0.3 is 6.18 Å². The molecule has 0 bridgehead atoms. The fraction of sp³-hybridized carbons (Fsp3) is 0.250. The van der Waals surface area contributed by atoms with E-state index >= 15 is 0 Å². The molecule has 1 aromatic heterocycles. The van der Waals surface area contributed by atoms with E-state index in [1.807, 2.05) is 19.9 Å². The molecular weight excluding hydrogens is 640 g/mol. The molecule has 0 unspecified atom stereocenters.